The van der Waals surface area contributed by atoms with Crippen molar-refractivity contribution in [1.29, 1.82) is 0 Å². The number of sulfone groups is 1. The highest BCUT2D eigenvalue weighted by atomic mass is 32.2. The topological polar surface area (TPSA) is 71.4 Å². The molecule has 6 heteroatoms. The molecule has 0 aliphatic carbocycles. The molecule has 4 nitrogen and oxygen atoms in total. The zero-order valence-electron chi connectivity index (χ0n) is 14.6. The third-order valence-corrected chi connectivity index (χ3v) is 6.64. The fourth-order valence-corrected chi connectivity index (χ4v) is 4.40. The van der Waals surface area contributed by atoms with Crippen LogP contribution in [-0.4, -0.2) is 22.9 Å². The molecular formula is C18H30O4S2. The van der Waals surface area contributed by atoms with E-state index < -0.39 is 20.9 Å². The van der Waals surface area contributed by atoms with Crippen molar-refractivity contribution in [3.8, 4) is 0 Å². The van der Waals surface area contributed by atoms with Crippen molar-refractivity contribution in [3.05, 3.63) is 24.3 Å². The highest BCUT2D eigenvalue weighted by Crippen LogP contribution is 2.16. The maximum atomic E-state index is 12.2. The van der Waals surface area contributed by atoms with E-state index in [2.05, 4.69) is 6.92 Å². The molecule has 0 aliphatic rings. The van der Waals surface area contributed by atoms with Gasteiger partial charge in [-0.05, 0) is 30.7 Å². The number of rotatable bonds is 13. The third-order valence-electron chi connectivity index (χ3n) is 4.15. The van der Waals surface area contributed by atoms with Gasteiger partial charge < -0.3 is 4.55 Å². The van der Waals surface area contributed by atoms with Crippen LogP contribution in [0.4, 0.5) is 0 Å². The summed E-state index contributed by atoms with van der Waals surface area (Å²) in [5.41, 5.74) is 0. The van der Waals surface area contributed by atoms with Crippen LogP contribution in [0.25, 0.3) is 0 Å². The van der Waals surface area contributed by atoms with Gasteiger partial charge in [0.1, 0.15) is 0 Å². The molecule has 0 amide bonds. The van der Waals surface area contributed by atoms with Gasteiger partial charge in [-0.1, -0.05) is 64.7 Å². The van der Waals surface area contributed by atoms with E-state index in [0.29, 0.717) is 6.42 Å². The molecule has 0 heterocycles. The SMILES string of the molecule is CCCCCCCCCCCCS(=O)(=O)c1ccc(S(=O)O)cc1. The maximum Gasteiger partial charge on any atom is 0.186 e. The Kier molecular flexibility index (Phi) is 10.5. The number of benzene rings is 1. The summed E-state index contributed by atoms with van der Waals surface area (Å²) >= 11 is -2.07. The lowest BCUT2D eigenvalue weighted by atomic mass is 10.1. The van der Waals surface area contributed by atoms with Gasteiger partial charge in [-0.3, -0.25) is 0 Å². The standard InChI is InChI=1S/C18H30O4S2/c1-2-3-4-5-6-7-8-9-10-11-16-24(21,22)18-14-12-17(13-15-18)23(19)20/h12-15H,2-11,16H2,1H3,(H,19,20). The van der Waals surface area contributed by atoms with Gasteiger partial charge in [-0.25, -0.2) is 12.6 Å². The maximum absolute atomic E-state index is 12.2. The van der Waals surface area contributed by atoms with Crippen LogP contribution in [0.3, 0.4) is 0 Å². The minimum atomic E-state index is -3.29. The molecular weight excluding hydrogens is 344 g/mol. The summed E-state index contributed by atoms with van der Waals surface area (Å²) in [7, 11) is -3.29. The zero-order chi connectivity index (χ0) is 17.8. The summed E-state index contributed by atoms with van der Waals surface area (Å²) in [4.78, 5) is 0.445. The van der Waals surface area contributed by atoms with E-state index in [-0.39, 0.29) is 15.5 Å². The monoisotopic (exact) mass is 374 g/mol. The second kappa shape index (κ2) is 11.8. The third kappa shape index (κ3) is 8.40. The Hall–Kier alpha value is -0.720. The molecule has 138 valence electrons. The van der Waals surface area contributed by atoms with Crippen LogP contribution >= 0.6 is 0 Å². The highest BCUT2D eigenvalue weighted by Gasteiger charge is 2.14. The summed E-state index contributed by atoms with van der Waals surface area (Å²) in [6.45, 7) is 2.22. The van der Waals surface area contributed by atoms with Crippen molar-refractivity contribution in [3.63, 3.8) is 0 Å². The van der Waals surface area contributed by atoms with Gasteiger partial charge >= 0.3 is 0 Å². The van der Waals surface area contributed by atoms with Crippen LogP contribution in [0.2, 0.25) is 0 Å². The van der Waals surface area contributed by atoms with Crippen molar-refractivity contribution in [2.75, 3.05) is 5.75 Å². The lowest BCUT2D eigenvalue weighted by Gasteiger charge is -2.05. The Morgan fingerprint density at radius 2 is 1.29 bits per heavy atom. The van der Waals surface area contributed by atoms with Gasteiger partial charge in [0.2, 0.25) is 0 Å². The molecule has 1 aromatic rings. The van der Waals surface area contributed by atoms with E-state index >= 15 is 0 Å². The Morgan fingerprint density at radius 1 is 0.833 bits per heavy atom. The van der Waals surface area contributed by atoms with Crippen molar-refractivity contribution < 1.29 is 17.2 Å². The first-order chi connectivity index (χ1) is 11.5. The van der Waals surface area contributed by atoms with E-state index in [0.717, 1.165) is 12.8 Å². The summed E-state index contributed by atoms with van der Waals surface area (Å²) in [6, 6.07) is 5.60. The van der Waals surface area contributed by atoms with Gasteiger partial charge in [0.15, 0.2) is 20.9 Å². The van der Waals surface area contributed by atoms with Crippen LogP contribution in [0.1, 0.15) is 71.1 Å². The largest absolute Gasteiger partial charge is 0.302 e. The van der Waals surface area contributed by atoms with Gasteiger partial charge in [0, 0.05) is 0 Å². The van der Waals surface area contributed by atoms with Crippen molar-refractivity contribution in [1.82, 2.24) is 0 Å². The van der Waals surface area contributed by atoms with Crippen LogP contribution in [0.15, 0.2) is 34.1 Å². The van der Waals surface area contributed by atoms with Gasteiger partial charge in [-0.15, -0.1) is 0 Å². The first-order valence-electron chi connectivity index (χ1n) is 8.91. The average molecular weight is 375 g/mol. The van der Waals surface area contributed by atoms with Crippen LogP contribution < -0.4 is 0 Å². The van der Waals surface area contributed by atoms with E-state index in [1.807, 2.05) is 0 Å². The Bertz CT molecular complexity index is 580. The molecule has 0 fully saturated rings. The second-order valence-corrected chi connectivity index (χ2v) is 9.30. The van der Waals surface area contributed by atoms with E-state index in [4.69, 9.17) is 4.55 Å². The molecule has 0 saturated carbocycles. The minimum Gasteiger partial charge on any atom is -0.302 e. The number of hydrogen-bond acceptors (Lipinski definition) is 3. The smallest absolute Gasteiger partial charge is 0.186 e. The fraction of sp³-hybridized carbons (Fsp3) is 0.667. The molecule has 0 radical (unpaired) electrons. The van der Waals surface area contributed by atoms with Crippen LogP contribution in [0, 0.1) is 0 Å². The molecule has 24 heavy (non-hydrogen) atoms. The first-order valence-corrected chi connectivity index (χ1v) is 11.7. The quantitative estimate of drug-likeness (QED) is 0.391. The molecule has 0 aromatic heterocycles. The van der Waals surface area contributed by atoms with Gasteiger partial charge in [0.25, 0.3) is 0 Å². The van der Waals surface area contributed by atoms with Crippen LogP contribution in [0.5, 0.6) is 0 Å². The molecule has 1 atom stereocenters. The predicted octanol–water partition coefficient (Wildman–Crippen LogP) is 4.96. The van der Waals surface area contributed by atoms with Crippen molar-refractivity contribution in [2.24, 2.45) is 0 Å². The molecule has 1 rings (SSSR count). The second-order valence-electron chi connectivity index (χ2n) is 6.22. The molecule has 1 unspecified atom stereocenters. The van der Waals surface area contributed by atoms with E-state index in [9.17, 15) is 12.6 Å². The average Bonchev–Trinajstić information content (AvgIpc) is 2.56. The molecule has 0 aliphatic heterocycles. The molecule has 0 saturated heterocycles. The summed E-state index contributed by atoms with van der Waals surface area (Å²) < 4.78 is 44.3. The molecule has 1 N–H and O–H groups in total. The van der Waals surface area contributed by atoms with E-state index in [1.165, 1.54) is 69.2 Å². The lowest BCUT2D eigenvalue weighted by molar-refractivity contribution is 0.557. The lowest BCUT2D eigenvalue weighted by Crippen LogP contribution is -2.07. The first kappa shape index (κ1) is 21.3. The van der Waals surface area contributed by atoms with Crippen molar-refractivity contribution in [2.45, 2.75) is 80.9 Å². The highest BCUT2D eigenvalue weighted by molar-refractivity contribution is 7.91. The molecule has 0 bridgehead atoms. The summed E-state index contributed by atoms with van der Waals surface area (Å²) in [5, 5.41) is 0. The summed E-state index contributed by atoms with van der Waals surface area (Å²) in [6.07, 6.45) is 11.7. The minimum absolute atomic E-state index is 0.144. The zero-order valence-corrected chi connectivity index (χ0v) is 16.2. The molecule has 1 aromatic carbocycles. The Balaban J connectivity index is 2.20. The Labute approximate surface area is 149 Å². The van der Waals surface area contributed by atoms with Crippen LogP contribution in [-0.2, 0) is 20.9 Å². The van der Waals surface area contributed by atoms with Crippen molar-refractivity contribution >= 4 is 20.9 Å². The number of hydrogen-bond donors (Lipinski definition) is 1. The van der Waals surface area contributed by atoms with Gasteiger partial charge in [0.05, 0.1) is 15.5 Å². The predicted molar refractivity (Wildman–Crippen MR) is 99.4 cm³/mol. The summed E-state index contributed by atoms with van der Waals surface area (Å²) in [5.74, 6) is 0.144. The van der Waals surface area contributed by atoms with E-state index in [1.54, 1.807) is 0 Å². The Morgan fingerprint density at radius 3 is 1.75 bits per heavy atom. The normalized spacial score (nSPS) is 13.1. The molecule has 0 spiro atoms. The number of unbranched alkanes of at least 4 members (excludes halogenated alkanes) is 9. The van der Waals surface area contributed by atoms with Gasteiger partial charge in [-0.2, -0.15) is 0 Å². The fourth-order valence-electron chi connectivity index (χ4n) is 2.66.